The molecule has 0 aromatic heterocycles. The van der Waals surface area contributed by atoms with Crippen LogP contribution in [0.2, 0.25) is 0 Å². The monoisotopic (exact) mass is 612 g/mol. The van der Waals surface area contributed by atoms with Gasteiger partial charge in [0.2, 0.25) is 0 Å². The quantitative estimate of drug-likeness (QED) is 0.182. The molecule has 220 valence electrons. The minimum Gasteiger partial charge on any atom is -0.192 e. The Morgan fingerprint density at radius 2 is 0.894 bits per heavy atom. The van der Waals surface area contributed by atoms with Crippen LogP contribution < -0.4 is 0 Å². The lowest BCUT2D eigenvalue weighted by molar-refractivity contribution is -0.137. The molecule has 0 saturated heterocycles. The molecule has 0 N–H and O–H groups in total. The summed E-state index contributed by atoms with van der Waals surface area (Å²) in [4.78, 5) is 0. The normalized spacial score (nSPS) is 12.1. The van der Waals surface area contributed by atoms with Gasteiger partial charge in [-0.3, -0.25) is 0 Å². The predicted molar refractivity (Wildman–Crippen MR) is 172 cm³/mol. The maximum Gasteiger partial charge on any atom is 0.416 e. The van der Waals surface area contributed by atoms with Crippen LogP contribution in [0.25, 0.3) is 55.7 Å². The van der Waals surface area contributed by atoms with Crippen molar-refractivity contribution in [2.45, 2.75) is 13.1 Å². The van der Waals surface area contributed by atoms with Gasteiger partial charge >= 0.3 is 6.18 Å². The summed E-state index contributed by atoms with van der Waals surface area (Å²) < 4.78 is 40.5. The van der Waals surface area contributed by atoms with E-state index in [0.29, 0.717) is 50.1 Å². The molecule has 0 spiro atoms. The summed E-state index contributed by atoms with van der Waals surface area (Å²) in [5, 5.41) is 40.0. The van der Waals surface area contributed by atoms with Crippen LogP contribution in [-0.4, -0.2) is 0 Å². The Balaban J connectivity index is 1.46. The molecule has 0 unspecified atom stereocenters. The van der Waals surface area contributed by atoms with E-state index in [1.807, 2.05) is 67.6 Å². The fourth-order valence-corrected chi connectivity index (χ4v) is 6.59. The number of aryl methyl sites for hydroxylation is 1. The molecule has 47 heavy (non-hydrogen) atoms. The Labute approximate surface area is 268 Å². The summed E-state index contributed by atoms with van der Waals surface area (Å²) in [5.74, 6) is 0. The van der Waals surface area contributed by atoms with Gasteiger partial charge in [-0.1, -0.05) is 66.2 Å². The van der Waals surface area contributed by atoms with Crippen LogP contribution in [0.1, 0.15) is 33.4 Å². The summed E-state index contributed by atoms with van der Waals surface area (Å²) in [6.45, 7) is 2.01. The molecule has 0 bridgehead atoms. The first-order chi connectivity index (χ1) is 22.7. The number of nitrogens with zero attached hydrogens (tertiary/aromatic N) is 4. The number of nitriles is 4. The van der Waals surface area contributed by atoms with Crippen molar-refractivity contribution in [2.75, 3.05) is 0 Å². The molecule has 2 aliphatic rings. The molecule has 0 amide bonds. The van der Waals surface area contributed by atoms with Crippen LogP contribution in [0, 0.1) is 52.2 Å². The number of hydrogen-bond donors (Lipinski definition) is 0. The fourth-order valence-electron chi connectivity index (χ4n) is 6.59. The molecule has 5 aromatic rings. The lowest BCUT2D eigenvalue weighted by atomic mass is 9.93. The molecule has 0 heterocycles. The fraction of sp³-hybridized carbons (Fsp3) is 0.0500. The molecule has 5 aromatic carbocycles. The number of halogens is 3. The summed E-state index contributed by atoms with van der Waals surface area (Å²) in [6, 6.07) is 36.0. The zero-order valence-corrected chi connectivity index (χ0v) is 24.7. The molecule has 0 atom stereocenters. The molecular weight excluding hydrogens is 593 g/mol. The van der Waals surface area contributed by atoms with Gasteiger partial charge in [0, 0.05) is 11.1 Å². The number of fused-ring (bicyclic) bond motifs is 6. The highest BCUT2D eigenvalue weighted by Gasteiger charge is 2.34. The van der Waals surface area contributed by atoms with Gasteiger partial charge in [0.1, 0.15) is 35.4 Å². The molecule has 7 heteroatoms. The molecule has 4 nitrogen and oxygen atoms in total. The highest BCUT2D eigenvalue weighted by Crippen LogP contribution is 2.54. The zero-order chi connectivity index (χ0) is 33.0. The Morgan fingerprint density at radius 3 is 1.34 bits per heavy atom. The van der Waals surface area contributed by atoms with Crippen LogP contribution in [0.15, 0.2) is 108 Å². The van der Waals surface area contributed by atoms with Crippen molar-refractivity contribution in [3.8, 4) is 68.8 Å². The van der Waals surface area contributed by atoms with Crippen molar-refractivity contribution >= 4 is 11.1 Å². The third-order valence-corrected chi connectivity index (χ3v) is 8.68. The highest BCUT2D eigenvalue weighted by atomic mass is 19.4. The molecule has 2 aliphatic carbocycles. The van der Waals surface area contributed by atoms with Crippen molar-refractivity contribution in [1.82, 2.24) is 0 Å². The van der Waals surface area contributed by atoms with Gasteiger partial charge in [0.15, 0.2) is 0 Å². The summed E-state index contributed by atoms with van der Waals surface area (Å²) >= 11 is 0. The molecule has 0 aliphatic heterocycles. The molecule has 0 saturated carbocycles. The van der Waals surface area contributed by atoms with E-state index in [1.165, 1.54) is 6.07 Å². The van der Waals surface area contributed by atoms with Crippen LogP contribution in [0.3, 0.4) is 0 Å². The largest absolute Gasteiger partial charge is 0.416 e. The van der Waals surface area contributed by atoms with Crippen LogP contribution in [-0.2, 0) is 6.18 Å². The van der Waals surface area contributed by atoms with Gasteiger partial charge < -0.3 is 0 Å². The Bertz CT molecular complexity index is 2420. The third-order valence-electron chi connectivity index (χ3n) is 8.68. The van der Waals surface area contributed by atoms with Gasteiger partial charge in [0.05, 0.1) is 5.56 Å². The van der Waals surface area contributed by atoms with Gasteiger partial charge in [0.25, 0.3) is 0 Å². The lowest BCUT2D eigenvalue weighted by Gasteiger charge is -2.11. The molecular formula is C40H19F3N4. The molecule has 0 radical (unpaired) electrons. The summed E-state index contributed by atoms with van der Waals surface area (Å²) in [6.07, 6.45) is -4.52. The van der Waals surface area contributed by atoms with Gasteiger partial charge in [-0.05, 0) is 110 Å². The Kier molecular flexibility index (Phi) is 6.64. The van der Waals surface area contributed by atoms with Crippen molar-refractivity contribution in [2.24, 2.45) is 0 Å². The number of hydrogen-bond acceptors (Lipinski definition) is 4. The minimum atomic E-state index is -4.52. The second kappa shape index (κ2) is 10.7. The van der Waals surface area contributed by atoms with Crippen molar-refractivity contribution < 1.29 is 13.2 Å². The molecule has 0 fully saturated rings. The predicted octanol–water partition coefficient (Wildman–Crippen LogP) is 10.0. The van der Waals surface area contributed by atoms with Gasteiger partial charge in [-0.2, -0.15) is 34.2 Å². The number of alkyl halides is 3. The van der Waals surface area contributed by atoms with Gasteiger partial charge in [-0.25, -0.2) is 0 Å². The maximum atomic E-state index is 13.5. The second-order valence-corrected chi connectivity index (χ2v) is 11.4. The first-order valence-electron chi connectivity index (χ1n) is 14.5. The number of benzene rings is 5. The standard InChI is InChI=1S/C40H19F3N4/c1-22-4-2-5-23(12-22)25-8-10-30-32-16-37-33(17-36(32)38(34(30)14-25)27(18-44)19-45)31-11-9-26(15-35(31)39(37)28(20-46)21-47)24-6-3-7-29(13-24)40(41,42)43/h2-17H,1H3. The lowest BCUT2D eigenvalue weighted by Crippen LogP contribution is -2.04. The zero-order valence-electron chi connectivity index (χ0n) is 24.7. The first-order valence-corrected chi connectivity index (χ1v) is 14.5. The van der Waals surface area contributed by atoms with E-state index in [4.69, 9.17) is 0 Å². The topological polar surface area (TPSA) is 95.2 Å². The SMILES string of the molecule is Cc1cccc(-c2ccc3c(c2)C(=C(C#N)C#N)c2cc4c(cc2-3)C(=C(C#N)C#N)c2cc(-c3cccc(C(F)(F)F)c3)ccc2-4)c1. The molecule has 7 rings (SSSR count). The second-order valence-electron chi connectivity index (χ2n) is 11.4. The minimum absolute atomic E-state index is 0.0463. The van der Waals surface area contributed by atoms with E-state index in [9.17, 15) is 34.2 Å². The van der Waals surface area contributed by atoms with E-state index >= 15 is 0 Å². The van der Waals surface area contributed by atoms with Crippen molar-refractivity contribution in [1.29, 1.82) is 21.0 Å². The Morgan fingerprint density at radius 1 is 0.468 bits per heavy atom. The van der Waals surface area contributed by atoms with Crippen LogP contribution >= 0.6 is 0 Å². The highest BCUT2D eigenvalue weighted by molar-refractivity contribution is 6.11. The van der Waals surface area contributed by atoms with Crippen LogP contribution in [0.5, 0.6) is 0 Å². The first kappa shape index (κ1) is 29.1. The van der Waals surface area contributed by atoms with Crippen molar-refractivity contribution in [3.63, 3.8) is 0 Å². The average Bonchev–Trinajstić information content (AvgIpc) is 3.56. The van der Waals surface area contributed by atoms with E-state index in [-0.39, 0.29) is 11.1 Å². The van der Waals surface area contributed by atoms with E-state index in [0.717, 1.165) is 45.5 Å². The summed E-state index contributed by atoms with van der Waals surface area (Å²) in [7, 11) is 0. The maximum absolute atomic E-state index is 13.5. The van der Waals surface area contributed by atoms with Crippen LogP contribution in [0.4, 0.5) is 13.2 Å². The summed E-state index contributed by atoms with van der Waals surface area (Å²) in [5.41, 5.74) is 9.22. The van der Waals surface area contributed by atoms with E-state index in [1.54, 1.807) is 24.3 Å². The smallest absolute Gasteiger partial charge is 0.192 e. The Hall–Kier alpha value is -6.67. The van der Waals surface area contributed by atoms with E-state index < -0.39 is 11.7 Å². The number of allylic oxidation sites excluding steroid dienone is 2. The average molecular weight is 613 g/mol. The van der Waals surface area contributed by atoms with E-state index in [2.05, 4.69) is 18.2 Å². The van der Waals surface area contributed by atoms with Gasteiger partial charge in [-0.15, -0.1) is 0 Å². The van der Waals surface area contributed by atoms with Crippen molar-refractivity contribution in [3.05, 3.63) is 142 Å². The number of rotatable bonds is 2. The third kappa shape index (κ3) is 4.59.